The molecule has 4 nitrogen and oxygen atoms in total. The third-order valence-corrected chi connectivity index (χ3v) is 4.09. The number of alkyl carbamates (subject to hydrolysis) is 1. The van der Waals surface area contributed by atoms with Gasteiger partial charge < -0.3 is 15.4 Å². The van der Waals surface area contributed by atoms with Crippen LogP contribution in [0.1, 0.15) is 74.1 Å². The van der Waals surface area contributed by atoms with Crippen LogP contribution >= 0.6 is 0 Å². The van der Waals surface area contributed by atoms with Gasteiger partial charge >= 0.3 is 6.09 Å². The highest BCUT2D eigenvalue weighted by Gasteiger charge is 2.32. The lowest BCUT2D eigenvalue weighted by Crippen LogP contribution is -2.46. The lowest BCUT2D eigenvalue weighted by atomic mass is 9.91. The van der Waals surface area contributed by atoms with Crippen LogP contribution in [0.4, 0.5) is 4.79 Å². The first-order valence-electron chi connectivity index (χ1n) is 8.70. The molecular weight excluding hydrogens is 276 g/mol. The number of carbonyl (C=O) groups is 1. The highest BCUT2D eigenvalue weighted by atomic mass is 16.6. The molecule has 0 aromatic rings. The van der Waals surface area contributed by atoms with Crippen LogP contribution in [0.15, 0.2) is 0 Å². The molecule has 0 aromatic carbocycles. The second-order valence-corrected chi connectivity index (χ2v) is 8.98. The van der Waals surface area contributed by atoms with Crippen molar-refractivity contribution in [1.29, 1.82) is 0 Å². The Labute approximate surface area is 136 Å². The average Bonchev–Trinajstić information content (AvgIpc) is 2.62. The van der Waals surface area contributed by atoms with Crippen molar-refractivity contribution >= 4 is 6.09 Å². The zero-order chi connectivity index (χ0) is 17.0. The molecule has 22 heavy (non-hydrogen) atoms. The molecule has 0 aromatic heterocycles. The molecule has 1 aliphatic rings. The van der Waals surface area contributed by atoms with E-state index in [2.05, 4.69) is 38.3 Å². The molecule has 0 aliphatic heterocycles. The number of nitrogens with one attached hydrogen (secondary N) is 2. The summed E-state index contributed by atoms with van der Waals surface area (Å²) in [6.45, 7) is 15.4. The first-order chi connectivity index (χ1) is 9.97. The molecule has 0 bridgehead atoms. The van der Waals surface area contributed by atoms with Crippen LogP contribution in [0.5, 0.6) is 0 Å². The lowest BCUT2D eigenvalue weighted by molar-refractivity contribution is 0.0519. The summed E-state index contributed by atoms with van der Waals surface area (Å²) >= 11 is 0. The monoisotopic (exact) mass is 312 g/mol. The lowest BCUT2D eigenvalue weighted by Gasteiger charge is -2.27. The van der Waals surface area contributed by atoms with Gasteiger partial charge in [-0.05, 0) is 57.8 Å². The molecule has 4 heteroatoms. The van der Waals surface area contributed by atoms with Crippen molar-refractivity contribution in [2.75, 3.05) is 6.54 Å². The second-order valence-electron chi connectivity index (χ2n) is 8.98. The topological polar surface area (TPSA) is 50.4 Å². The van der Waals surface area contributed by atoms with E-state index in [1.165, 1.54) is 19.3 Å². The summed E-state index contributed by atoms with van der Waals surface area (Å²) in [5, 5.41) is 6.67. The smallest absolute Gasteiger partial charge is 0.407 e. The Hall–Kier alpha value is -0.770. The molecule has 1 saturated carbocycles. The van der Waals surface area contributed by atoms with Gasteiger partial charge in [0.05, 0.1) is 0 Å². The maximum Gasteiger partial charge on any atom is 0.407 e. The summed E-state index contributed by atoms with van der Waals surface area (Å²) in [7, 11) is 0. The molecule has 1 fully saturated rings. The third kappa shape index (κ3) is 8.02. The molecule has 0 spiro atoms. The van der Waals surface area contributed by atoms with E-state index in [1.54, 1.807) is 0 Å². The summed E-state index contributed by atoms with van der Waals surface area (Å²) in [4.78, 5) is 11.8. The van der Waals surface area contributed by atoms with E-state index in [0.717, 1.165) is 6.42 Å². The fourth-order valence-electron chi connectivity index (χ4n) is 3.21. The maximum atomic E-state index is 11.8. The highest BCUT2D eigenvalue weighted by molar-refractivity contribution is 5.67. The molecule has 0 saturated heterocycles. The van der Waals surface area contributed by atoms with E-state index in [9.17, 15) is 4.79 Å². The fraction of sp³-hybridized carbons (Fsp3) is 0.944. The number of rotatable bonds is 6. The van der Waals surface area contributed by atoms with Gasteiger partial charge in [0.15, 0.2) is 0 Å². The molecule has 0 heterocycles. The summed E-state index contributed by atoms with van der Waals surface area (Å²) in [5.41, 5.74) is -0.000819. The van der Waals surface area contributed by atoms with E-state index < -0.39 is 5.60 Å². The standard InChI is InChI=1S/C18H36N2O2/c1-13(2)10-15(12-19-16(21)22-17(3,4)5)20-14-8-9-18(6,7)11-14/h13-15,20H,8-12H2,1-7H3,(H,19,21). The predicted molar refractivity (Wildman–Crippen MR) is 92.0 cm³/mol. The van der Waals surface area contributed by atoms with E-state index in [0.29, 0.717) is 30.0 Å². The fourth-order valence-corrected chi connectivity index (χ4v) is 3.21. The highest BCUT2D eigenvalue weighted by Crippen LogP contribution is 2.37. The van der Waals surface area contributed by atoms with Crippen LogP contribution in [-0.4, -0.2) is 30.3 Å². The number of hydrogen-bond donors (Lipinski definition) is 2. The number of amides is 1. The van der Waals surface area contributed by atoms with Gasteiger partial charge in [0.2, 0.25) is 0 Å². The zero-order valence-corrected chi connectivity index (χ0v) is 15.6. The minimum Gasteiger partial charge on any atom is -0.444 e. The zero-order valence-electron chi connectivity index (χ0n) is 15.6. The van der Waals surface area contributed by atoms with Crippen molar-refractivity contribution in [2.24, 2.45) is 11.3 Å². The number of hydrogen-bond acceptors (Lipinski definition) is 3. The minimum absolute atomic E-state index is 0.311. The van der Waals surface area contributed by atoms with Crippen LogP contribution in [-0.2, 0) is 4.74 Å². The number of carbonyl (C=O) groups excluding carboxylic acids is 1. The Morgan fingerprint density at radius 2 is 1.95 bits per heavy atom. The van der Waals surface area contributed by atoms with Gasteiger partial charge in [-0.1, -0.05) is 27.7 Å². The predicted octanol–water partition coefficient (Wildman–Crippen LogP) is 4.09. The molecule has 0 radical (unpaired) electrons. The molecule has 2 N–H and O–H groups in total. The van der Waals surface area contributed by atoms with Crippen molar-refractivity contribution in [3.63, 3.8) is 0 Å². The van der Waals surface area contributed by atoms with Gasteiger partial charge in [-0.25, -0.2) is 4.79 Å². The van der Waals surface area contributed by atoms with Crippen LogP contribution in [0, 0.1) is 11.3 Å². The maximum absolute atomic E-state index is 11.8. The van der Waals surface area contributed by atoms with E-state index in [1.807, 2.05) is 20.8 Å². The SMILES string of the molecule is CC(C)CC(CNC(=O)OC(C)(C)C)NC1CCC(C)(C)C1. The Bertz CT molecular complexity index is 359. The number of ether oxygens (including phenoxy) is 1. The van der Waals surface area contributed by atoms with E-state index in [-0.39, 0.29) is 6.09 Å². The largest absolute Gasteiger partial charge is 0.444 e. The Morgan fingerprint density at radius 1 is 1.32 bits per heavy atom. The Balaban J connectivity index is 2.46. The summed E-state index contributed by atoms with van der Waals surface area (Å²) in [6.07, 6.45) is 4.46. The van der Waals surface area contributed by atoms with Crippen LogP contribution in [0.2, 0.25) is 0 Å². The molecule has 1 aliphatic carbocycles. The summed E-state index contributed by atoms with van der Waals surface area (Å²) < 4.78 is 5.32. The molecular formula is C18H36N2O2. The van der Waals surface area contributed by atoms with Crippen molar-refractivity contribution < 1.29 is 9.53 Å². The summed E-state index contributed by atoms with van der Waals surface area (Å²) in [6, 6.07) is 0.880. The quantitative estimate of drug-likeness (QED) is 0.776. The summed E-state index contributed by atoms with van der Waals surface area (Å²) in [5.74, 6) is 0.604. The molecule has 1 rings (SSSR count). The first kappa shape index (κ1) is 19.3. The van der Waals surface area contributed by atoms with Gasteiger partial charge in [0.25, 0.3) is 0 Å². The molecule has 1 amide bonds. The van der Waals surface area contributed by atoms with Crippen LogP contribution < -0.4 is 10.6 Å². The van der Waals surface area contributed by atoms with Crippen molar-refractivity contribution in [2.45, 2.75) is 91.8 Å². The molecule has 130 valence electrons. The second kappa shape index (κ2) is 7.67. The van der Waals surface area contributed by atoms with Crippen LogP contribution in [0.25, 0.3) is 0 Å². The first-order valence-corrected chi connectivity index (χ1v) is 8.70. The van der Waals surface area contributed by atoms with Crippen molar-refractivity contribution in [1.82, 2.24) is 10.6 Å². The van der Waals surface area contributed by atoms with Gasteiger partial charge in [-0.2, -0.15) is 0 Å². The molecule has 2 atom stereocenters. The van der Waals surface area contributed by atoms with Crippen molar-refractivity contribution in [3.8, 4) is 0 Å². The minimum atomic E-state index is -0.444. The van der Waals surface area contributed by atoms with E-state index >= 15 is 0 Å². The molecule has 2 unspecified atom stereocenters. The third-order valence-electron chi connectivity index (χ3n) is 4.09. The van der Waals surface area contributed by atoms with Gasteiger partial charge in [0, 0.05) is 18.6 Å². The van der Waals surface area contributed by atoms with Gasteiger partial charge in [0.1, 0.15) is 5.60 Å². The Kier molecular flexibility index (Phi) is 6.72. The Morgan fingerprint density at radius 3 is 2.41 bits per heavy atom. The average molecular weight is 312 g/mol. The van der Waals surface area contributed by atoms with Gasteiger partial charge in [-0.15, -0.1) is 0 Å². The van der Waals surface area contributed by atoms with Gasteiger partial charge in [-0.3, -0.25) is 0 Å². The normalized spacial score (nSPS) is 22.6. The van der Waals surface area contributed by atoms with Crippen molar-refractivity contribution in [3.05, 3.63) is 0 Å². The van der Waals surface area contributed by atoms with Crippen LogP contribution in [0.3, 0.4) is 0 Å². The van der Waals surface area contributed by atoms with E-state index in [4.69, 9.17) is 4.74 Å².